The van der Waals surface area contributed by atoms with Crippen molar-refractivity contribution in [3.63, 3.8) is 0 Å². The maximum atomic E-state index is 13.8. The quantitative estimate of drug-likeness (QED) is 0.279. The highest BCUT2D eigenvalue weighted by atomic mass is 35.5. The maximum Gasteiger partial charge on any atom is 0.243 e. The fourth-order valence-electron chi connectivity index (χ4n) is 4.68. The summed E-state index contributed by atoms with van der Waals surface area (Å²) in [5.74, 6) is 0.646. The summed E-state index contributed by atoms with van der Waals surface area (Å²) in [4.78, 5) is 29.2. The van der Waals surface area contributed by atoms with Crippen molar-refractivity contribution in [2.45, 2.75) is 56.5 Å². The van der Waals surface area contributed by atoms with Gasteiger partial charge in [0.25, 0.3) is 0 Å². The van der Waals surface area contributed by atoms with Gasteiger partial charge < -0.3 is 10.2 Å². The highest BCUT2D eigenvalue weighted by Gasteiger charge is 2.32. The van der Waals surface area contributed by atoms with Gasteiger partial charge >= 0.3 is 0 Å². The second-order valence-electron chi connectivity index (χ2n) is 9.39. The Morgan fingerprint density at radius 2 is 1.46 bits per heavy atom. The summed E-state index contributed by atoms with van der Waals surface area (Å²) in [5.41, 5.74) is 2.81. The van der Waals surface area contributed by atoms with E-state index in [4.69, 9.17) is 23.2 Å². The number of nitrogens with zero attached hydrogens (tertiary/aromatic N) is 1. The second kappa shape index (κ2) is 13.9. The van der Waals surface area contributed by atoms with Gasteiger partial charge in [-0.25, -0.2) is 0 Å². The SMILES string of the molecule is O=C(NC1CCCC1)C(Cc1ccccc1)N(Cc1ccccc1Cl)C(=O)CSCc1ccccc1Cl. The lowest BCUT2D eigenvalue weighted by molar-refractivity contribution is -0.139. The minimum Gasteiger partial charge on any atom is -0.352 e. The Hall–Kier alpha value is -2.47. The summed E-state index contributed by atoms with van der Waals surface area (Å²) in [5, 5.41) is 4.50. The van der Waals surface area contributed by atoms with Crippen LogP contribution < -0.4 is 5.32 Å². The molecule has 1 saturated carbocycles. The summed E-state index contributed by atoms with van der Waals surface area (Å²) in [6.45, 7) is 0.265. The Balaban J connectivity index is 1.58. The van der Waals surface area contributed by atoms with Crippen LogP contribution in [-0.4, -0.2) is 34.6 Å². The molecule has 4 nitrogen and oxygen atoms in total. The molecule has 0 aliphatic heterocycles. The zero-order valence-corrected chi connectivity index (χ0v) is 23.1. The first kappa shape index (κ1) is 27.6. The molecule has 1 unspecified atom stereocenters. The van der Waals surface area contributed by atoms with Crippen molar-refractivity contribution in [3.8, 4) is 0 Å². The van der Waals surface area contributed by atoms with Crippen LogP contribution in [0.2, 0.25) is 10.0 Å². The normalized spacial score (nSPS) is 14.3. The van der Waals surface area contributed by atoms with E-state index < -0.39 is 6.04 Å². The monoisotopic (exact) mass is 554 g/mol. The molecule has 2 amide bonds. The number of thioether (sulfide) groups is 1. The molecule has 0 radical (unpaired) electrons. The Kier molecular flexibility index (Phi) is 10.4. The van der Waals surface area contributed by atoms with Crippen molar-refractivity contribution in [1.29, 1.82) is 0 Å². The number of benzene rings is 3. The van der Waals surface area contributed by atoms with E-state index in [2.05, 4.69) is 5.32 Å². The number of nitrogens with one attached hydrogen (secondary N) is 1. The topological polar surface area (TPSA) is 49.4 Å². The molecule has 1 aliphatic carbocycles. The minimum absolute atomic E-state index is 0.0977. The lowest BCUT2D eigenvalue weighted by atomic mass is 10.0. The zero-order valence-electron chi connectivity index (χ0n) is 20.7. The molecule has 1 N–H and O–H groups in total. The molecule has 37 heavy (non-hydrogen) atoms. The van der Waals surface area contributed by atoms with E-state index in [1.807, 2.05) is 78.9 Å². The molecule has 7 heteroatoms. The number of hydrogen-bond donors (Lipinski definition) is 1. The smallest absolute Gasteiger partial charge is 0.243 e. The van der Waals surface area contributed by atoms with E-state index in [1.54, 1.807) is 4.90 Å². The number of hydrogen-bond acceptors (Lipinski definition) is 3. The Morgan fingerprint density at radius 3 is 2.11 bits per heavy atom. The van der Waals surface area contributed by atoms with Gasteiger partial charge in [-0.05, 0) is 41.7 Å². The number of rotatable bonds is 11. The average molecular weight is 556 g/mol. The number of amides is 2. The van der Waals surface area contributed by atoms with Gasteiger partial charge in [0.2, 0.25) is 11.8 Å². The second-order valence-corrected chi connectivity index (χ2v) is 11.2. The first-order chi connectivity index (χ1) is 18.0. The molecule has 0 saturated heterocycles. The first-order valence-electron chi connectivity index (χ1n) is 12.7. The predicted molar refractivity (Wildman–Crippen MR) is 154 cm³/mol. The molecule has 0 aromatic heterocycles. The Labute approximate surface area is 233 Å². The van der Waals surface area contributed by atoms with Crippen molar-refractivity contribution in [2.24, 2.45) is 0 Å². The predicted octanol–water partition coefficient (Wildman–Crippen LogP) is 6.93. The van der Waals surface area contributed by atoms with Crippen molar-refractivity contribution in [2.75, 3.05) is 5.75 Å². The van der Waals surface area contributed by atoms with E-state index in [-0.39, 0.29) is 30.2 Å². The van der Waals surface area contributed by atoms with Crippen molar-refractivity contribution in [3.05, 3.63) is 106 Å². The van der Waals surface area contributed by atoms with Gasteiger partial charge in [-0.2, -0.15) is 0 Å². The van der Waals surface area contributed by atoms with Crippen LogP contribution in [0.5, 0.6) is 0 Å². The summed E-state index contributed by atoms with van der Waals surface area (Å²) >= 11 is 14.3. The van der Waals surface area contributed by atoms with Gasteiger partial charge in [-0.15, -0.1) is 11.8 Å². The molecule has 1 aliphatic rings. The first-order valence-corrected chi connectivity index (χ1v) is 14.6. The van der Waals surface area contributed by atoms with E-state index in [0.717, 1.165) is 42.4 Å². The maximum absolute atomic E-state index is 13.8. The van der Waals surface area contributed by atoms with Gasteiger partial charge in [0.05, 0.1) is 5.75 Å². The molecule has 1 fully saturated rings. The van der Waals surface area contributed by atoms with Crippen LogP contribution in [0.3, 0.4) is 0 Å². The van der Waals surface area contributed by atoms with Gasteiger partial charge in [0, 0.05) is 34.8 Å². The molecule has 4 rings (SSSR count). The molecule has 0 heterocycles. The zero-order chi connectivity index (χ0) is 26.0. The van der Waals surface area contributed by atoms with Gasteiger partial charge in [-0.3, -0.25) is 9.59 Å². The molecular weight excluding hydrogens is 523 g/mol. The highest BCUT2D eigenvalue weighted by Crippen LogP contribution is 2.25. The Bertz CT molecular complexity index is 1180. The number of carbonyl (C=O) groups excluding carboxylic acids is 2. The molecule has 0 bridgehead atoms. The third-order valence-electron chi connectivity index (χ3n) is 6.71. The summed E-state index contributed by atoms with van der Waals surface area (Å²) in [7, 11) is 0. The summed E-state index contributed by atoms with van der Waals surface area (Å²) in [6.07, 6.45) is 4.64. The minimum atomic E-state index is -0.646. The largest absolute Gasteiger partial charge is 0.352 e. The van der Waals surface area contributed by atoms with E-state index >= 15 is 0 Å². The van der Waals surface area contributed by atoms with E-state index in [9.17, 15) is 9.59 Å². The van der Waals surface area contributed by atoms with Crippen LogP contribution >= 0.6 is 35.0 Å². The van der Waals surface area contributed by atoms with Crippen LogP contribution in [0.15, 0.2) is 78.9 Å². The van der Waals surface area contributed by atoms with Crippen molar-refractivity contribution < 1.29 is 9.59 Å². The van der Waals surface area contributed by atoms with Crippen molar-refractivity contribution >= 4 is 46.8 Å². The highest BCUT2D eigenvalue weighted by molar-refractivity contribution is 7.99. The third-order valence-corrected chi connectivity index (χ3v) is 8.42. The molecule has 3 aromatic rings. The lowest BCUT2D eigenvalue weighted by Gasteiger charge is -2.32. The van der Waals surface area contributed by atoms with E-state index in [0.29, 0.717) is 22.2 Å². The molecule has 3 aromatic carbocycles. The molecule has 1 atom stereocenters. The van der Waals surface area contributed by atoms with Gasteiger partial charge in [0.15, 0.2) is 0 Å². The third kappa shape index (κ3) is 8.00. The van der Waals surface area contributed by atoms with Crippen molar-refractivity contribution in [1.82, 2.24) is 10.2 Å². The van der Waals surface area contributed by atoms with Crippen LogP contribution in [-0.2, 0) is 28.3 Å². The van der Waals surface area contributed by atoms with Gasteiger partial charge in [-0.1, -0.05) is 103 Å². The fourth-order valence-corrected chi connectivity index (χ4v) is 6.07. The average Bonchev–Trinajstić information content (AvgIpc) is 3.42. The molecule has 194 valence electrons. The number of halogens is 2. The summed E-state index contributed by atoms with van der Waals surface area (Å²) < 4.78 is 0. The Morgan fingerprint density at radius 1 is 0.865 bits per heavy atom. The standard InChI is InChI=1S/C30H32Cl2N2O2S/c31-26-16-8-4-12-23(26)19-34(29(35)21-37-20-24-13-5-9-17-27(24)32)28(18-22-10-2-1-3-11-22)30(36)33-25-14-6-7-15-25/h1-5,8-13,16-17,25,28H,6-7,14-15,18-21H2,(H,33,36). The summed E-state index contributed by atoms with van der Waals surface area (Å²) in [6, 6.07) is 24.5. The fraction of sp³-hybridized carbons (Fsp3) is 0.333. The van der Waals surface area contributed by atoms with Crippen LogP contribution in [0.25, 0.3) is 0 Å². The van der Waals surface area contributed by atoms with Crippen LogP contribution in [0.1, 0.15) is 42.4 Å². The number of carbonyl (C=O) groups is 2. The lowest BCUT2D eigenvalue weighted by Crippen LogP contribution is -2.52. The molecule has 0 spiro atoms. The van der Waals surface area contributed by atoms with Gasteiger partial charge in [0.1, 0.15) is 6.04 Å². The van der Waals surface area contributed by atoms with Crippen LogP contribution in [0, 0.1) is 0 Å². The van der Waals surface area contributed by atoms with E-state index in [1.165, 1.54) is 11.8 Å². The molecular formula is C30H32Cl2N2O2S. The van der Waals surface area contributed by atoms with Crippen LogP contribution in [0.4, 0.5) is 0 Å².